The van der Waals surface area contributed by atoms with Crippen molar-refractivity contribution in [2.24, 2.45) is 0 Å². The van der Waals surface area contributed by atoms with Crippen LogP contribution in [0.5, 0.6) is 0 Å². The molecule has 7 heteroatoms. The maximum atomic E-state index is 13.0. The monoisotopic (exact) mass is 471 g/mol. The molecule has 0 aliphatic heterocycles. The molecule has 35 heavy (non-hydrogen) atoms. The van der Waals surface area contributed by atoms with Gasteiger partial charge in [-0.2, -0.15) is 5.10 Å². The van der Waals surface area contributed by atoms with E-state index >= 15 is 0 Å². The van der Waals surface area contributed by atoms with Gasteiger partial charge in [-0.25, -0.2) is 9.48 Å². The van der Waals surface area contributed by atoms with Crippen molar-refractivity contribution in [2.75, 3.05) is 6.61 Å². The summed E-state index contributed by atoms with van der Waals surface area (Å²) in [6.07, 6.45) is 0. The summed E-state index contributed by atoms with van der Waals surface area (Å²) >= 11 is 0. The Hall–Kier alpha value is -4.00. The molecule has 0 N–H and O–H groups in total. The number of hydrogen-bond acceptors (Lipinski definition) is 5. The highest BCUT2D eigenvalue weighted by atomic mass is 16.5. The summed E-state index contributed by atoms with van der Waals surface area (Å²) in [7, 11) is 0. The zero-order chi connectivity index (χ0) is 25.4. The van der Waals surface area contributed by atoms with Gasteiger partial charge in [0.1, 0.15) is 0 Å². The van der Waals surface area contributed by atoms with E-state index < -0.39 is 12.6 Å². The molecule has 0 aliphatic carbocycles. The molecule has 0 saturated carbocycles. The quantitative estimate of drug-likeness (QED) is 0.291. The van der Waals surface area contributed by atoms with Gasteiger partial charge in [-0.15, -0.1) is 0 Å². The van der Waals surface area contributed by atoms with E-state index in [1.165, 1.54) is 15.8 Å². The van der Waals surface area contributed by atoms with Crippen molar-refractivity contribution < 1.29 is 14.3 Å². The molecule has 2 aromatic heterocycles. The fraction of sp³-hybridized carbons (Fsp3) is 0.286. The first kappa shape index (κ1) is 24.1. The second kappa shape index (κ2) is 9.33. The lowest BCUT2D eigenvalue weighted by Gasteiger charge is -2.13. The molecule has 0 bridgehead atoms. The number of ketones is 1. The number of fused-ring (bicyclic) bond motifs is 1. The van der Waals surface area contributed by atoms with E-state index in [1.54, 1.807) is 24.3 Å². The molecule has 0 amide bonds. The van der Waals surface area contributed by atoms with Crippen LogP contribution in [0, 0.1) is 27.7 Å². The maximum absolute atomic E-state index is 13.0. The summed E-state index contributed by atoms with van der Waals surface area (Å²) in [5.74, 6) is -1.05. The standard InChI is InChI=1S/C28H29N3O4/c1-16(2)31-27(33)23-10-8-7-9-22(23)26(29-31)28(34)35-15-25(32)24-14-19(5)30(20(24)6)21-12-11-17(3)18(4)13-21/h7-14,16H,15H2,1-6H3. The SMILES string of the molecule is Cc1ccc(-n2c(C)cc(C(=O)COC(=O)c3nn(C(C)C)c(=O)c4ccccc34)c2C)cc1C. The zero-order valence-electron chi connectivity index (χ0n) is 20.9. The number of aryl methyl sites for hydroxylation is 3. The molecule has 0 atom stereocenters. The van der Waals surface area contributed by atoms with Crippen molar-refractivity contribution in [2.45, 2.75) is 47.6 Å². The molecule has 4 rings (SSSR count). The lowest BCUT2D eigenvalue weighted by molar-refractivity contribution is 0.0468. The average Bonchev–Trinajstić information content (AvgIpc) is 3.13. The van der Waals surface area contributed by atoms with Crippen LogP contribution >= 0.6 is 0 Å². The fourth-order valence-electron chi connectivity index (χ4n) is 4.29. The van der Waals surface area contributed by atoms with E-state index in [2.05, 4.69) is 31.1 Å². The van der Waals surface area contributed by atoms with Crippen molar-refractivity contribution >= 4 is 22.5 Å². The predicted molar refractivity (Wildman–Crippen MR) is 136 cm³/mol. The van der Waals surface area contributed by atoms with Crippen LogP contribution in [0.1, 0.15) is 63.3 Å². The van der Waals surface area contributed by atoms with E-state index in [1.807, 2.05) is 44.4 Å². The molecule has 4 aromatic rings. The van der Waals surface area contributed by atoms with E-state index in [-0.39, 0.29) is 23.1 Å². The number of hydrogen-bond donors (Lipinski definition) is 0. The van der Waals surface area contributed by atoms with Gasteiger partial charge in [0.15, 0.2) is 12.3 Å². The number of carbonyl (C=O) groups is 2. The summed E-state index contributed by atoms with van der Waals surface area (Å²) < 4.78 is 8.68. The van der Waals surface area contributed by atoms with Crippen molar-refractivity contribution in [1.29, 1.82) is 0 Å². The molecule has 0 aliphatic rings. The summed E-state index contributed by atoms with van der Waals surface area (Å²) in [5.41, 5.74) is 5.28. The van der Waals surface area contributed by atoms with Crippen LogP contribution in [0.4, 0.5) is 0 Å². The van der Waals surface area contributed by atoms with E-state index in [0.717, 1.165) is 17.1 Å². The van der Waals surface area contributed by atoms with E-state index in [4.69, 9.17) is 4.74 Å². The molecule has 7 nitrogen and oxygen atoms in total. The summed E-state index contributed by atoms with van der Waals surface area (Å²) in [6, 6.07) is 14.5. The highest BCUT2D eigenvalue weighted by molar-refractivity contribution is 6.04. The minimum atomic E-state index is -0.744. The highest BCUT2D eigenvalue weighted by Gasteiger charge is 2.22. The molecule has 0 radical (unpaired) electrons. The van der Waals surface area contributed by atoms with Gasteiger partial charge in [0, 0.05) is 28.0 Å². The van der Waals surface area contributed by atoms with E-state index in [9.17, 15) is 14.4 Å². The second-order valence-electron chi connectivity index (χ2n) is 9.13. The number of carbonyl (C=O) groups excluding carboxylic acids is 2. The maximum Gasteiger partial charge on any atom is 0.359 e. The number of Topliss-reactive ketones (excluding diaryl/α,β-unsaturated/α-hetero) is 1. The molecular formula is C28H29N3O4. The third kappa shape index (κ3) is 4.41. The van der Waals surface area contributed by atoms with Crippen LogP contribution in [0.3, 0.4) is 0 Å². The largest absolute Gasteiger partial charge is 0.452 e. The average molecular weight is 472 g/mol. The van der Waals surface area contributed by atoms with Gasteiger partial charge in [0.05, 0.1) is 11.4 Å². The van der Waals surface area contributed by atoms with Gasteiger partial charge in [0.2, 0.25) is 5.78 Å². The van der Waals surface area contributed by atoms with Crippen molar-refractivity contribution in [3.63, 3.8) is 0 Å². The number of benzene rings is 2. The van der Waals surface area contributed by atoms with Crippen LogP contribution in [0.2, 0.25) is 0 Å². The topological polar surface area (TPSA) is 83.2 Å². The molecule has 0 spiro atoms. The number of rotatable bonds is 6. The summed E-state index contributed by atoms with van der Waals surface area (Å²) in [5, 5.41) is 5.04. The number of esters is 1. The third-order valence-electron chi connectivity index (χ3n) is 6.33. The molecule has 0 unspecified atom stereocenters. The fourth-order valence-corrected chi connectivity index (χ4v) is 4.29. The predicted octanol–water partition coefficient (Wildman–Crippen LogP) is 5.04. The first-order valence-corrected chi connectivity index (χ1v) is 11.6. The minimum absolute atomic E-state index is 0.0160. The Balaban J connectivity index is 1.61. The van der Waals surface area contributed by atoms with Gasteiger partial charge in [-0.3, -0.25) is 9.59 Å². The van der Waals surface area contributed by atoms with Crippen molar-refractivity contribution in [1.82, 2.24) is 14.3 Å². The van der Waals surface area contributed by atoms with Crippen LogP contribution in [-0.4, -0.2) is 32.7 Å². The molecule has 0 fully saturated rings. The molecule has 2 heterocycles. The lowest BCUT2D eigenvalue weighted by atomic mass is 10.1. The first-order valence-electron chi connectivity index (χ1n) is 11.6. The smallest absolute Gasteiger partial charge is 0.359 e. The Kier molecular flexibility index (Phi) is 6.43. The Morgan fingerprint density at radius 2 is 1.63 bits per heavy atom. The van der Waals surface area contributed by atoms with Gasteiger partial charge in [-0.05, 0) is 76.9 Å². The Labute approximate surface area is 204 Å². The zero-order valence-corrected chi connectivity index (χ0v) is 20.9. The highest BCUT2D eigenvalue weighted by Crippen LogP contribution is 2.23. The summed E-state index contributed by atoms with van der Waals surface area (Å²) in [4.78, 5) is 38.7. The minimum Gasteiger partial charge on any atom is -0.452 e. The number of ether oxygens (including phenoxy) is 1. The van der Waals surface area contributed by atoms with Crippen LogP contribution in [-0.2, 0) is 4.74 Å². The Morgan fingerprint density at radius 3 is 2.29 bits per heavy atom. The second-order valence-corrected chi connectivity index (χ2v) is 9.13. The van der Waals surface area contributed by atoms with Crippen molar-refractivity contribution in [3.05, 3.63) is 92.7 Å². The Bertz CT molecular complexity index is 1530. The molecular weight excluding hydrogens is 442 g/mol. The van der Waals surface area contributed by atoms with Crippen molar-refractivity contribution in [3.8, 4) is 5.69 Å². The Morgan fingerprint density at radius 1 is 0.943 bits per heavy atom. The number of nitrogens with zero attached hydrogens (tertiary/aromatic N) is 3. The molecule has 0 saturated heterocycles. The number of aromatic nitrogens is 3. The normalized spacial score (nSPS) is 11.3. The lowest BCUT2D eigenvalue weighted by Crippen LogP contribution is -2.28. The van der Waals surface area contributed by atoms with Gasteiger partial charge in [0.25, 0.3) is 5.56 Å². The van der Waals surface area contributed by atoms with Gasteiger partial charge >= 0.3 is 5.97 Å². The molecule has 2 aromatic carbocycles. The van der Waals surface area contributed by atoms with Crippen LogP contribution in [0.25, 0.3) is 16.5 Å². The third-order valence-corrected chi connectivity index (χ3v) is 6.33. The van der Waals surface area contributed by atoms with Gasteiger partial charge in [-0.1, -0.05) is 24.3 Å². The summed E-state index contributed by atoms with van der Waals surface area (Å²) in [6.45, 7) is 11.1. The first-order chi connectivity index (χ1) is 16.6. The van der Waals surface area contributed by atoms with Crippen LogP contribution < -0.4 is 5.56 Å². The van der Waals surface area contributed by atoms with E-state index in [0.29, 0.717) is 16.3 Å². The van der Waals surface area contributed by atoms with Crippen LogP contribution in [0.15, 0.2) is 53.3 Å². The molecule has 180 valence electrons. The van der Waals surface area contributed by atoms with Gasteiger partial charge < -0.3 is 9.30 Å².